The number of benzene rings is 1. The summed E-state index contributed by atoms with van der Waals surface area (Å²) >= 11 is 0. The molecule has 1 aromatic heterocycles. The minimum absolute atomic E-state index is 0.157. The van der Waals surface area contributed by atoms with E-state index in [1.165, 1.54) is 51.4 Å². The van der Waals surface area contributed by atoms with Crippen LogP contribution in [-0.2, 0) is 4.79 Å². The van der Waals surface area contributed by atoms with E-state index in [1.807, 2.05) is 31.2 Å². The van der Waals surface area contributed by atoms with Crippen LogP contribution in [0.2, 0.25) is 0 Å². The molecule has 0 aliphatic heterocycles. The van der Waals surface area contributed by atoms with Crippen LogP contribution >= 0.6 is 0 Å². The van der Waals surface area contributed by atoms with E-state index in [1.54, 1.807) is 4.80 Å². The lowest BCUT2D eigenvalue weighted by atomic mass is 9.44. The first-order valence-corrected chi connectivity index (χ1v) is 13.7. The number of carbonyl (C=O) groups is 1. The lowest BCUT2D eigenvalue weighted by Gasteiger charge is -2.61. The minimum atomic E-state index is -0.288. The summed E-state index contributed by atoms with van der Waals surface area (Å²) in [5.41, 5.74) is 2.45. The molecule has 0 saturated heterocycles. The van der Waals surface area contributed by atoms with Crippen molar-refractivity contribution >= 4 is 16.8 Å². The van der Waals surface area contributed by atoms with Gasteiger partial charge in [0.25, 0.3) is 0 Å². The highest BCUT2D eigenvalue weighted by atomic mass is 16.1. The average molecular weight is 448 g/mol. The summed E-state index contributed by atoms with van der Waals surface area (Å²) in [6, 6.07) is 7.64. The summed E-state index contributed by atoms with van der Waals surface area (Å²) in [7, 11) is 0. The third-order valence-corrected chi connectivity index (χ3v) is 11.3. The molecule has 1 heterocycles. The maximum Gasteiger partial charge on any atom is 0.162 e. The van der Waals surface area contributed by atoms with E-state index in [2.05, 4.69) is 31.0 Å². The molecule has 8 unspecified atom stereocenters. The quantitative estimate of drug-likeness (QED) is 0.516. The second-order valence-electron chi connectivity index (χ2n) is 12.8. The van der Waals surface area contributed by atoms with Gasteiger partial charge in [0.15, 0.2) is 5.78 Å². The van der Waals surface area contributed by atoms with Crippen LogP contribution in [0.4, 0.5) is 0 Å². The van der Waals surface area contributed by atoms with E-state index in [0.29, 0.717) is 11.2 Å². The molecule has 6 rings (SSSR count). The molecule has 178 valence electrons. The largest absolute Gasteiger partial charge is 0.297 e. The van der Waals surface area contributed by atoms with Crippen LogP contribution in [0.3, 0.4) is 0 Å². The molecule has 4 aliphatic rings. The SMILES string of the molecule is CC1CCC2(C)C(CCC3C2CCC2(C)C3CC[C@@H]2C(=O)C(C)n2nc3ccccc3n2)C1. The van der Waals surface area contributed by atoms with Crippen LogP contribution in [0.5, 0.6) is 0 Å². The summed E-state index contributed by atoms with van der Waals surface area (Å²) in [6.07, 6.45) is 12.0. The topological polar surface area (TPSA) is 47.8 Å². The van der Waals surface area contributed by atoms with Gasteiger partial charge in [-0.2, -0.15) is 15.0 Å². The number of rotatable bonds is 3. The molecule has 4 heteroatoms. The second-order valence-corrected chi connectivity index (χ2v) is 12.8. The van der Waals surface area contributed by atoms with E-state index < -0.39 is 0 Å². The van der Waals surface area contributed by atoms with Gasteiger partial charge in [0, 0.05) is 5.92 Å². The monoisotopic (exact) mass is 447 g/mol. The molecule has 33 heavy (non-hydrogen) atoms. The number of aromatic nitrogens is 3. The number of hydrogen-bond acceptors (Lipinski definition) is 3. The fourth-order valence-electron chi connectivity index (χ4n) is 9.39. The van der Waals surface area contributed by atoms with Crippen LogP contribution in [0.25, 0.3) is 11.0 Å². The number of fused-ring (bicyclic) bond motifs is 6. The molecule has 0 N–H and O–H groups in total. The van der Waals surface area contributed by atoms with Crippen molar-refractivity contribution in [3.63, 3.8) is 0 Å². The molecule has 4 aliphatic carbocycles. The van der Waals surface area contributed by atoms with Crippen molar-refractivity contribution in [3.8, 4) is 0 Å². The van der Waals surface area contributed by atoms with E-state index in [9.17, 15) is 4.79 Å². The van der Waals surface area contributed by atoms with Crippen molar-refractivity contribution < 1.29 is 4.79 Å². The van der Waals surface area contributed by atoms with E-state index in [0.717, 1.165) is 47.0 Å². The van der Waals surface area contributed by atoms with Gasteiger partial charge >= 0.3 is 0 Å². The summed E-state index contributed by atoms with van der Waals surface area (Å²) < 4.78 is 0. The van der Waals surface area contributed by atoms with Gasteiger partial charge in [0.05, 0.1) is 0 Å². The zero-order chi connectivity index (χ0) is 23.0. The average Bonchev–Trinajstić information content (AvgIpc) is 3.39. The fraction of sp³-hybridized carbons (Fsp3) is 0.759. The molecule has 4 saturated carbocycles. The van der Waals surface area contributed by atoms with E-state index in [-0.39, 0.29) is 17.4 Å². The van der Waals surface area contributed by atoms with Gasteiger partial charge in [-0.15, -0.1) is 0 Å². The molecule has 1 aromatic carbocycles. The van der Waals surface area contributed by atoms with Gasteiger partial charge in [0.1, 0.15) is 17.1 Å². The summed E-state index contributed by atoms with van der Waals surface area (Å²) in [5, 5.41) is 9.29. The van der Waals surface area contributed by atoms with Gasteiger partial charge in [0.2, 0.25) is 0 Å². The molecular weight excluding hydrogens is 406 g/mol. The van der Waals surface area contributed by atoms with Crippen LogP contribution in [0.1, 0.15) is 91.5 Å². The van der Waals surface area contributed by atoms with Gasteiger partial charge in [-0.3, -0.25) is 4.79 Å². The maximum absolute atomic E-state index is 13.9. The van der Waals surface area contributed by atoms with Crippen molar-refractivity contribution in [2.75, 3.05) is 0 Å². The van der Waals surface area contributed by atoms with Crippen LogP contribution < -0.4 is 0 Å². The Bertz CT molecular complexity index is 1030. The molecule has 2 aromatic rings. The number of nitrogens with zero attached hydrogens (tertiary/aromatic N) is 3. The fourth-order valence-corrected chi connectivity index (χ4v) is 9.39. The third kappa shape index (κ3) is 3.18. The first-order valence-electron chi connectivity index (χ1n) is 13.7. The van der Waals surface area contributed by atoms with Crippen molar-refractivity contribution in [1.29, 1.82) is 0 Å². The number of Topliss-reactive ketones (excluding diaryl/α,β-unsaturated/α-hetero) is 1. The third-order valence-electron chi connectivity index (χ3n) is 11.3. The Morgan fingerprint density at radius 2 is 1.61 bits per heavy atom. The Labute approximate surface area is 198 Å². The molecular formula is C29H41N3O. The Balaban J connectivity index is 1.24. The lowest BCUT2D eigenvalue weighted by molar-refractivity contribution is -0.139. The highest BCUT2D eigenvalue weighted by Gasteiger charge is 2.61. The van der Waals surface area contributed by atoms with Gasteiger partial charge in [-0.05, 0) is 111 Å². The van der Waals surface area contributed by atoms with Crippen molar-refractivity contribution in [2.45, 2.75) is 91.5 Å². The molecule has 0 spiro atoms. The minimum Gasteiger partial charge on any atom is -0.297 e. The maximum atomic E-state index is 13.9. The van der Waals surface area contributed by atoms with Crippen LogP contribution in [0.15, 0.2) is 24.3 Å². The highest BCUT2D eigenvalue weighted by molar-refractivity contribution is 5.86. The number of carbonyl (C=O) groups excluding carboxylic acids is 1. The van der Waals surface area contributed by atoms with Crippen molar-refractivity contribution in [2.24, 2.45) is 46.3 Å². The molecule has 0 radical (unpaired) electrons. The molecule has 9 atom stereocenters. The Hall–Kier alpha value is -1.71. The predicted octanol–water partition coefficient (Wildman–Crippen LogP) is 6.86. The molecule has 0 amide bonds. The normalized spacial score (nSPS) is 43.5. The summed E-state index contributed by atoms with van der Waals surface area (Å²) in [6.45, 7) is 9.60. The summed E-state index contributed by atoms with van der Waals surface area (Å²) in [4.78, 5) is 15.6. The van der Waals surface area contributed by atoms with Gasteiger partial charge < -0.3 is 0 Å². The number of hydrogen-bond donors (Lipinski definition) is 0. The smallest absolute Gasteiger partial charge is 0.162 e. The molecule has 4 fully saturated rings. The van der Waals surface area contributed by atoms with E-state index in [4.69, 9.17) is 0 Å². The second kappa shape index (κ2) is 7.65. The standard InChI is InChI=1S/C29H41N3O/c1-18-13-15-28(3)20(17-18)9-10-21-22-11-12-24(29(22,4)16-14-23(21)28)27(33)19(2)32-30-25-7-5-6-8-26(25)31-32/h5-8,18-24H,9-17H2,1-4H3/t18?,19?,20?,21?,22?,23?,24-,28?,29?/m1/s1. The zero-order valence-electron chi connectivity index (χ0n) is 21.0. The van der Waals surface area contributed by atoms with Gasteiger partial charge in [-0.1, -0.05) is 39.3 Å². The molecule has 0 bridgehead atoms. The zero-order valence-corrected chi connectivity index (χ0v) is 21.0. The highest BCUT2D eigenvalue weighted by Crippen LogP contribution is 2.68. The van der Waals surface area contributed by atoms with E-state index >= 15 is 0 Å². The number of ketones is 1. The van der Waals surface area contributed by atoms with Crippen LogP contribution in [-0.4, -0.2) is 20.8 Å². The van der Waals surface area contributed by atoms with Crippen molar-refractivity contribution in [3.05, 3.63) is 24.3 Å². The van der Waals surface area contributed by atoms with Crippen molar-refractivity contribution in [1.82, 2.24) is 15.0 Å². The lowest BCUT2D eigenvalue weighted by Crippen LogP contribution is -2.54. The Morgan fingerprint density at radius 1 is 0.939 bits per heavy atom. The Morgan fingerprint density at radius 3 is 2.33 bits per heavy atom. The summed E-state index contributed by atoms with van der Waals surface area (Å²) in [5.74, 6) is 4.80. The predicted molar refractivity (Wildman–Crippen MR) is 132 cm³/mol. The molecule has 4 nitrogen and oxygen atoms in total. The van der Waals surface area contributed by atoms with Crippen LogP contribution in [0, 0.1) is 46.3 Å². The first-order chi connectivity index (χ1) is 15.8. The Kier molecular flexibility index (Phi) is 5.05. The first kappa shape index (κ1) is 21.8. The van der Waals surface area contributed by atoms with Gasteiger partial charge in [-0.25, -0.2) is 0 Å².